The number of likely N-dealkylation sites (tertiary alicyclic amines) is 1. The van der Waals surface area contributed by atoms with Crippen LogP contribution in [0.1, 0.15) is 45.9 Å². The van der Waals surface area contributed by atoms with Gasteiger partial charge in [-0.1, -0.05) is 29.8 Å². The van der Waals surface area contributed by atoms with Crippen molar-refractivity contribution < 1.29 is 9.53 Å². The van der Waals surface area contributed by atoms with Crippen molar-refractivity contribution in [2.45, 2.75) is 32.7 Å². The highest BCUT2D eigenvalue weighted by Gasteiger charge is 2.31. The van der Waals surface area contributed by atoms with E-state index in [0.717, 1.165) is 41.8 Å². The smallest absolute Gasteiger partial charge is 0.254 e. The largest absolute Gasteiger partial charge is 0.497 e. The SMILES string of the molecule is COc1cccc(C2CCCN2C(=O)c2ccc(C)cc2C)c1. The fraction of sp³-hybridized carbons (Fsp3) is 0.350. The third-order valence-corrected chi connectivity index (χ3v) is 4.60. The van der Waals surface area contributed by atoms with Crippen molar-refractivity contribution in [1.82, 2.24) is 4.90 Å². The van der Waals surface area contributed by atoms with Crippen LogP contribution in [0.5, 0.6) is 5.75 Å². The number of hydrogen-bond donors (Lipinski definition) is 0. The second-order valence-electron chi connectivity index (χ2n) is 6.25. The lowest BCUT2D eigenvalue weighted by atomic mass is 10.0. The third-order valence-electron chi connectivity index (χ3n) is 4.60. The van der Waals surface area contributed by atoms with Crippen molar-refractivity contribution in [2.24, 2.45) is 0 Å². The van der Waals surface area contributed by atoms with Crippen molar-refractivity contribution >= 4 is 5.91 Å². The van der Waals surface area contributed by atoms with E-state index in [4.69, 9.17) is 4.74 Å². The summed E-state index contributed by atoms with van der Waals surface area (Å²) >= 11 is 0. The lowest BCUT2D eigenvalue weighted by molar-refractivity contribution is 0.0734. The standard InChI is InChI=1S/C20H23NO2/c1-14-9-10-18(15(2)12-14)20(22)21-11-5-8-19(21)16-6-4-7-17(13-16)23-3/h4,6-7,9-10,12-13,19H,5,8,11H2,1-3H3. The van der Waals surface area contributed by atoms with Gasteiger partial charge in [0.1, 0.15) is 5.75 Å². The molecule has 0 radical (unpaired) electrons. The van der Waals surface area contributed by atoms with E-state index in [-0.39, 0.29) is 11.9 Å². The summed E-state index contributed by atoms with van der Waals surface area (Å²) in [6.45, 7) is 4.88. The summed E-state index contributed by atoms with van der Waals surface area (Å²) < 4.78 is 5.32. The fourth-order valence-electron chi connectivity index (χ4n) is 3.41. The molecule has 0 aromatic heterocycles. The molecule has 0 spiro atoms. The molecular weight excluding hydrogens is 286 g/mol. The number of amides is 1. The summed E-state index contributed by atoms with van der Waals surface area (Å²) in [5, 5.41) is 0. The Morgan fingerprint density at radius 3 is 2.74 bits per heavy atom. The molecule has 2 aromatic rings. The molecule has 1 unspecified atom stereocenters. The Balaban J connectivity index is 1.90. The maximum absolute atomic E-state index is 13.0. The summed E-state index contributed by atoms with van der Waals surface area (Å²) in [6.07, 6.45) is 2.04. The van der Waals surface area contributed by atoms with Gasteiger partial charge in [-0.3, -0.25) is 4.79 Å². The number of carbonyl (C=O) groups excluding carboxylic acids is 1. The van der Waals surface area contributed by atoms with Crippen LogP contribution in [0.25, 0.3) is 0 Å². The summed E-state index contributed by atoms with van der Waals surface area (Å²) in [5.74, 6) is 0.973. The Labute approximate surface area is 137 Å². The van der Waals surface area contributed by atoms with Crippen molar-refractivity contribution in [2.75, 3.05) is 13.7 Å². The van der Waals surface area contributed by atoms with E-state index >= 15 is 0 Å². The number of benzene rings is 2. The van der Waals surface area contributed by atoms with Crippen LogP contribution < -0.4 is 4.74 Å². The molecular formula is C20H23NO2. The van der Waals surface area contributed by atoms with Crippen molar-refractivity contribution in [3.63, 3.8) is 0 Å². The van der Waals surface area contributed by atoms with Crippen molar-refractivity contribution in [1.29, 1.82) is 0 Å². The van der Waals surface area contributed by atoms with Gasteiger partial charge in [-0.25, -0.2) is 0 Å². The van der Waals surface area contributed by atoms with Crippen LogP contribution in [-0.4, -0.2) is 24.5 Å². The number of nitrogens with zero attached hydrogens (tertiary/aromatic N) is 1. The van der Waals surface area contributed by atoms with E-state index < -0.39 is 0 Å². The highest BCUT2D eigenvalue weighted by atomic mass is 16.5. The van der Waals surface area contributed by atoms with Crippen LogP contribution in [0.3, 0.4) is 0 Å². The number of aryl methyl sites for hydroxylation is 2. The highest BCUT2D eigenvalue weighted by Crippen LogP contribution is 2.34. The fourth-order valence-corrected chi connectivity index (χ4v) is 3.41. The van der Waals surface area contributed by atoms with Crippen LogP contribution in [-0.2, 0) is 0 Å². The Bertz CT molecular complexity index is 723. The van der Waals surface area contributed by atoms with Gasteiger partial charge in [-0.2, -0.15) is 0 Å². The zero-order valence-corrected chi connectivity index (χ0v) is 14.0. The zero-order chi connectivity index (χ0) is 16.4. The molecule has 1 saturated heterocycles. The third kappa shape index (κ3) is 3.09. The molecule has 23 heavy (non-hydrogen) atoms. The molecule has 3 heteroatoms. The van der Waals surface area contributed by atoms with Crippen molar-refractivity contribution in [3.05, 3.63) is 64.7 Å². The molecule has 0 bridgehead atoms. The van der Waals surface area contributed by atoms with E-state index in [0.29, 0.717) is 0 Å². The lowest BCUT2D eigenvalue weighted by Crippen LogP contribution is -2.31. The number of ether oxygens (including phenoxy) is 1. The normalized spacial score (nSPS) is 17.3. The van der Waals surface area contributed by atoms with Crippen LogP contribution in [0.4, 0.5) is 0 Å². The van der Waals surface area contributed by atoms with Crippen molar-refractivity contribution in [3.8, 4) is 5.75 Å². The van der Waals surface area contributed by atoms with Gasteiger partial charge >= 0.3 is 0 Å². The quantitative estimate of drug-likeness (QED) is 0.846. The monoisotopic (exact) mass is 309 g/mol. The van der Waals surface area contributed by atoms with Crippen LogP contribution in [0.15, 0.2) is 42.5 Å². The lowest BCUT2D eigenvalue weighted by Gasteiger charge is -2.26. The van der Waals surface area contributed by atoms with Gasteiger partial charge in [0.05, 0.1) is 13.2 Å². The average Bonchev–Trinajstić information content (AvgIpc) is 3.04. The number of methoxy groups -OCH3 is 1. The van der Waals surface area contributed by atoms with Gasteiger partial charge in [0.15, 0.2) is 0 Å². The Hall–Kier alpha value is -2.29. The van der Waals surface area contributed by atoms with E-state index in [2.05, 4.69) is 19.1 Å². The van der Waals surface area contributed by atoms with E-state index in [9.17, 15) is 4.79 Å². The molecule has 2 aromatic carbocycles. The highest BCUT2D eigenvalue weighted by molar-refractivity contribution is 5.96. The number of hydrogen-bond acceptors (Lipinski definition) is 2. The Morgan fingerprint density at radius 1 is 1.17 bits per heavy atom. The summed E-state index contributed by atoms with van der Waals surface area (Å²) in [5.41, 5.74) is 4.20. The first-order chi connectivity index (χ1) is 11.1. The van der Waals surface area contributed by atoms with Crippen LogP contribution in [0.2, 0.25) is 0 Å². The average molecular weight is 309 g/mol. The molecule has 3 nitrogen and oxygen atoms in total. The topological polar surface area (TPSA) is 29.5 Å². The van der Waals surface area contributed by atoms with E-state index in [1.165, 1.54) is 5.56 Å². The predicted octanol–water partition coefficient (Wildman–Crippen LogP) is 4.29. The molecule has 0 saturated carbocycles. The zero-order valence-electron chi connectivity index (χ0n) is 14.0. The van der Waals surface area contributed by atoms with Gasteiger partial charge in [-0.05, 0) is 56.0 Å². The summed E-state index contributed by atoms with van der Waals surface area (Å²) in [4.78, 5) is 15.0. The number of carbonyl (C=O) groups is 1. The molecule has 1 fully saturated rings. The Kier molecular flexibility index (Phi) is 4.37. The minimum atomic E-state index is 0.132. The minimum Gasteiger partial charge on any atom is -0.497 e. The van der Waals surface area contributed by atoms with Gasteiger partial charge in [0, 0.05) is 12.1 Å². The summed E-state index contributed by atoms with van der Waals surface area (Å²) in [7, 11) is 1.67. The molecule has 0 N–H and O–H groups in total. The molecule has 1 atom stereocenters. The maximum atomic E-state index is 13.0. The molecule has 1 amide bonds. The second-order valence-corrected chi connectivity index (χ2v) is 6.25. The summed E-state index contributed by atoms with van der Waals surface area (Å²) in [6, 6.07) is 14.2. The molecule has 1 aliphatic rings. The first-order valence-electron chi connectivity index (χ1n) is 8.12. The predicted molar refractivity (Wildman–Crippen MR) is 91.9 cm³/mol. The number of rotatable bonds is 3. The van der Waals surface area contributed by atoms with Crippen LogP contribution >= 0.6 is 0 Å². The van der Waals surface area contributed by atoms with Crippen LogP contribution in [0, 0.1) is 13.8 Å². The first kappa shape index (κ1) is 15.6. The van der Waals surface area contributed by atoms with E-state index in [1.54, 1.807) is 7.11 Å². The maximum Gasteiger partial charge on any atom is 0.254 e. The van der Waals surface area contributed by atoms with E-state index in [1.807, 2.05) is 42.2 Å². The Morgan fingerprint density at radius 2 is 2.00 bits per heavy atom. The molecule has 3 rings (SSSR count). The van der Waals surface area contributed by atoms with Gasteiger partial charge in [0.2, 0.25) is 0 Å². The molecule has 0 aliphatic carbocycles. The van der Waals surface area contributed by atoms with Gasteiger partial charge in [-0.15, -0.1) is 0 Å². The molecule has 120 valence electrons. The first-order valence-corrected chi connectivity index (χ1v) is 8.12. The van der Waals surface area contributed by atoms with Gasteiger partial charge < -0.3 is 9.64 Å². The van der Waals surface area contributed by atoms with Gasteiger partial charge in [0.25, 0.3) is 5.91 Å². The minimum absolute atomic E-state index is 0.132. The second kappa shape index (κ2) is 6.45. The molecule has 1 heterocycles. The molecule has 1 aliphatic heterocycles.